The van der Waals surface area contributed by atoms with Crippen LogP contribution in [0.5, 0.6) is 5.75 Å². The van der Waals surface area contributed by atoms with E-state index in [2.05, 4.69) is 4.72 Å². The molecule has 2 aromatic rings. The number of methoxy groups -OCH3 is 1. The molecule has 2 rings (SSSR count). The van der Waals surface area contributed by atoms with Crippen LogP contribution in [0.2, 0.25) is 0 Å². The van der Waals surface area contributed by atoms with Gasteiger partial charge in [-0.15, -0.1) is 0 Å². The summed E-state index contributed by atoms with van der Waals surface area (Å²) in [4.78, 5) is 0. The molecule has 0 aromatic heterocycles. The van der Waals surface area contributed by atoms with E-state index < -0.39 is 10.0 Å². The summed E-state index contributed by atoms with van der Waals surface area (Å²) in [6.07, 6.45) is 0.860. The quantitative estimate of drug-likeness (QED) is 0.845. The Morgan fingerprint density at radius 2 is 1.74 bits per heavy atom. The molecule has 0 aliphatic rings. The van der Waals surface area contributed by atoms with Crippen LogP contribution in [0.3, 0.4) is 0 Å². The Balaban J connectivity index is 2.08. The molecule has 6 heteroatoms. The predicted molar refractivity (Wildman–Crippen MR) is 88.2 cm³/mol. The molecule has 4 nitrogen and oxygen atoms in total. The van der Waals surface area contributed by atoms with E-state index in [9.17, 15) is 12.8 Å². The average Bonchev–Trinajstić information content (AvgIpc) is 2.54. The second-order valence-corrected chi connectivity index (χ2v) is 7.01. The Bertz CT molecular complexity index is 758. The molecule has 0 unspecified atom stereocenters. The number of aryl methyl sites for hydroxylation is 1. The first-order valence-corrected chi connectivity index (χ1v) is 8.96. The predicted octanol–water partition coefficient (Wildman–Crippen LogP) is 3.02. The second-order valence-electron chi connectivity index (χ2n) is 5.21. The van der Waals surface area contributed by atoms with Crippen molar-refractivity contribution in [2.75, 3.05) is 7.11 Å². The van der Waals surface area contributed by atoms with Crippen LogP contribution in [0.25, 0.3) is 0 Å². The molecule has 0 bridgehead atoms. The third-order valence-electron chi connectivity index (χ3n) is 3.51. The van der Waals surface area contributed by atoms with Crippen LogP contribution in [0.4, 0.5) is 4.39 Å². The van der Waals surface area contributed by atoms with Gasteiger partial charge in [-0.3, -0.25) is 0 Å². The topological polar surface area (TPSA) is 55.4 Å². The van der Waals surface area contributed by atoms with Crippen LogP contribution < -0.4 is 9.46 Å². The standard InChI is InChI=1S/C17H20FNO3S/c1-3-13-6-9-17(22-2)15(10-13)11-19-23(20,21)12-14-4-7-16(18)8-5-14/h4-10,19H,3,11-12H2,1-2H3. The summed E-state index contributed by atoms with van der Waals surface area (Å²) in [7, 11) is -1.97. The summed E-state index contributed by atoms with van der Waals surface area (Å²) >= 11 is 0. The lowest BCUT2D eigenvalue weighted by atomic mass is 10.1. The third kappa shape index (κ3) is 5.04. The average molecular weight is 337 g/mol. The third-order valence-corrected chi connectivity index (χ3v) is 4.80. The van der Waals surface area contributed by atoms with Crippen molar-refractivity contribution >= 4 is 10.0 Å². The van der Waals surface area contributed by atoms with Gasteiger partial charge in [-0.1, -0.05) is 31.2 Å². The highest BCUT2D eigenvalue weighted by molar-refractivity contribution is 7.88. The van der Waals surface area contributed by atoms with Gasteiger partial charge in [0.05, 0.1) is 12.9 Å². The second kappa shape index (κ2) is 7.57. The number of rotatable bonds is 7. The minimum atomic E-state index is -3.52. The number of hydrogen-bond donors (Lipinski definition) is 1. The highest BCUT2D eigenvalue weighted by atomic mass is 32.2. The van der Waals surface area contributed by atoms with E-state index in [4.69, 9.17) is 4.74 Å². The molecular weight excluding hydrogens is 317 g/mol. The zero-order valence-corrected chi connectivity index (χ0v) is 14.0. The van der Waals surface area contributed by atoms with Gasteiger partial charge < -0.3 is 4.74 Å². The fourth-order valence-corrected chi connectivity index (χ4v) is 3.34. The molecule has 1 N–H and O–H groups in total. The number of sulfonamides is 1. The maximum atomic E-state index is 12.9. The number of nitrogens with one attached hydrogen (secondary N) is 1. The van der Waals surface area contributed by atoms with Crippen molar-refractivity contribution < 1.29 is 17.5 Å². The van der Waals surface area contributed by atoms with Crippen LogP contribution in [0, 0.1) is 5.82 Å². The van der Waals surface area contributed by atoms with Gasteiger partial charge in [0.1, 0.15) is 11.6 Å². The van der Waals surface area contributed by atoms with Crippen molar-refractivity contribution in [3.05, 3.63) is 65.0 Å². The van der Waals surface area contributed by atoms with E-state index in [-0.39, 0.29) is 18.1 Å². The molecule has 0 amide bonds. The molecule has 0 fully saturated rings. The zero-order chi connectivity index (χ0) is 16.9. The molecule has 0 heterocycles. The lowest BCUT2D eigenvalue weighted by Crippen LogP contribution is -2.25. The van der Waals surface area contributed by atoms with Crippen LogP contribution in [0.15, 0.2) is 42.5 Å². The fraction of sp³-hybridized carbons (Fsp3) is 0.294. The molecular formula is C17H20FNO3S. The minimum Gasteiger partial charge on any atom is -0.496 e. The molecule has 0 spiro atoms. The molecule has 0 saturated heterocycles. The van der Waals surface area contributed by atoms with Crippen LogP contribution >= 0.6 is 0 Å². The summed E-state index contributed by atoms with van der Waals surface area (Å²) in [6, 6.07) is 11.1. The smallest absolute Gasteiger partial charge is 0.216 e. The molecule has 23 heavy (non-hydrogen) atoms. The van der Waals surface area contributed by atoms with Gasteiger partial charge in [-0.2, -0.15) is 0 Å². The van der Waals surface area contributed by atoms with E-state index in [0.29, 0.717) is 11.3 Å². The Kier molecular flexibility index (Phi) is 5.74. The summed E-state index contributed by atoms with van der Waals surface area (Å²) in [5.41, 5.74) is 2.43. The fourth-order valence-electron chi connectivity index (χ4n) is 2.23. The summed E-state index contributed by atoms with van der Waals surface area (Å²) in [5, 5.41) is 0. The maximum absolute atomic E-state index is 12.9. The van der Waals surface area contributed by atoms with E-state index >= 15 is 0 Å². The van der Waals surface area contributed by atoms with E-state index in [1.165, 1.54) is 24.3 Å². The molecule has 2 aromatic carbocycles. The Labute approximate surface area is 136 Å². The molecule has 0 aliphatic heterocycles. The molecule has 0 saturated carbocycles. The highest BCUT2D eigenvalue weighted by Gasteiger charge is 2.13. The number of ether oxygens (including phenoxy) is 1. The van der Waals surface area contributed by atoms with Crippen molar-refractivity contribution in [1.82, 2.24) is 4.72 Å². The molecule has 0 atom stereocenters. The molecule has 124 valence electrons. The first-order chi connectivity index (χ1) is 10.9. The monoisotopic (exact) mass is 337 g/mol. The van der Waals surface area contributed by atoms with E-state index in [0.717, 1.165) is 17.5 Å². The van der Waals surface area contributed by atoms with E-state index in [1.54, 1.807) is 7.11 Å². The number of halogens is 1. The molecule has 0 radical (unpaired) electrons. The van der Waals surface area contributed by atoms with Gasteiger partial charge in [0, 0.05) is 12.1 Å². The van der Waals surface area contributed by atoms with Crippen molar-refractivity contribution in [3.63, 3.8) is 0 Å². The highest BCUT2D eigenvalue weighted by Crippen LogP contribution is 2.20. The first kappa shape index (κ1) is 17.4. The molecule has 0 aliphatic carbocycles. The van der Waals surface area contributed by atoms with Crippen molar-refractivity contribution in [2.45, 2.75) is 25.6 Å². The first-order valence-electron chi connectivity index (χ1n) is 7.31. The van der Waals surface area contributed by atoms with Gasteiger partial charge in [0.2, 0.25) is 10.0 Å². The Hall–Kier alpha value is -1.92. The van der Waals surface area contributed by atoms with Gasteiger partial charge >= 0.3 is 0 Å². The van der Waals surface area contributed by atoms with Crippen molar-refractivity contribution in [1.29, 1.82) is 0 Å². The van der Waals surface area contributed by atoms with Gasteiger partial charge in [0.15, 0.2) is 0 Å². The zero-order valence-electron chi connectivity index (χ0n) is 13.2. The van der Waals surface area contributed by atoms with Crippen LogP contribution in [0.1, 0.15) is 23.6 Å². The van der Waals surface area contributed by atoms with Crippen LogP contribution in [-0.2, 0) is 28.7 Å². The van der Waals surface area contributed by atoms with Crippen LogP contribution in [-0.4, -0.2) is 15.5 Å². The summed E-state index contributed by atoms with van der Waals surface area (Å²) in [5.74, 6) is 0.0650. The maximum Gasteiger partial charge on any atom is 0.216 e. The minimum absolute atomic E-state index is 0.153. The summed E-state index contributed by atoms with van der Waals surface area (Å²) in [6.45, 7) is 2.19. The lowest BCUT2D eigenvalue weighted by Gasteiger charge is -2.12. The van der Waals surface area contributed by atoms with E-state index in [1.807, 2.05) is 25.1 Å². The van der Waals surface area contributed by atoms with Crippen molar-refractivity contribution in [3.8, 4) is 5.75 Å². The van der Waals surface area contributed by atoms with Gasteiger partial charge in [0.25, 0.3) is 0 Å². The number of hydrogen-bond acceptors (Lipinski definition) is 3. The van der Waals surface area contributed by atoms with Gasteiger partial charge in [-0.25, -0.2) is 17.5 Å². The Morgan fingerprint density at radius 1 is 1.09 bits per heavy atom. The Morgan fingerprint density at radius 3 is 2.35 bits per heavy atom. The largest absolute Gasteiger partial charge is 0.496 e. The lowest BCUT2D eigenvalue weighted by molar-refractivity contribution is 0.409. The number of benzene rings is 2. The van der Waals surface area contributed by atoms with Crippen molar-refractivity contribution in [2.24, 2.45) is 0 Å². The van der Waals surface area contributed by atoms with Gasteiger partial charge in [-0.05, 0) is 35.7 Å². The summed E-state index contributed by atoms with van der Waals surface area (Å²) < 4.78 is 45.0. The SMILES string of the molecule is CCc1ccc(OC)c(CNS(=O)(=O)Cc2ccc(F)cc2)c1. The normalized spacial score (nSPS) is 11.4.